The number of hydrogen-bond acceptors (Lipinski definition) is 8. The van der Waals surface area contributed by atoms with Gasteiger partial charge in [-0.15, -0.1) is 0 Å². The number of anilines is 1. The van der Waals surface area contributed by atoms with Crippen LogP contribution in [-0.2, 0) is 4.74 Å². The molecule has 4 heterocycles. The van der Waals surface area contributed by atoms with Gasteiger partial charge in [-0.05, 0) is 29.8 Å². The van der Waals surface area contributed by atoms with Crippen LogP contribution in [-0.4, -0.2) is 51.2 Å². The second-order valence-electron chi connectivity index (χ2n) is 8.64. The third kappa shape index (κ3) is 4.61. The Balaban J connectivity index is 1.28. The molecule has 1 aliphatic heterocycles. The van der Waals surface area contributed by atoms with E-state index in [1.807, 2.05) is 18.2 Å². The molecule has 3 aromatic heterocycles. The summed E-state index contributed by atoms with van der Waals surface area (Å²) in [6.07, 6.45) is 6.35. The molecule has 2 atom stereocenters. The number of carbonyl (C=O) groups is 1. The quantitative estimate of drug-likeness (QED) is 0.172. The Morgan fingerprint density at radius 1 is 1.16 bits per heavy atom. The number of ketones is 1. The number of para-hydroxylation sites is 1. The van der Waals surface area contributed by atoms with Crippen molar-refractivity contribution in [3.63, 3.8) is 0 Å². The van der Waals surface area contributed by atoms with Gasteiger partial charge in [-0.3, -0.25) is 4.79 Å². The zero-order valence-electron chi connectivity index (χ0n) is 19.7. The number of halogens is 2. The lowest BCUT2D eigenvalue weighted by Crippen LogP contribution is -2.32. The van der Waals surface area contributed by atoms with Crippen LogP contribution in [0.1, 0.15) is 15.9 Å². The van der Waals surface area contributed by atoms with E-state index in [0.717, 1.165) is 5.39 Å². The van der Waals surface area contributed by atoms with E-state index in [4.69, 9.17) is 37.1 Å². The SMILES string of the molecule is O=C(c1ccc(Oc2cccc3cc(Cl)oc23)cc1Cl)c1c[nH]c2ncnc(N[C@@H]3C=C[C@@H](CO)OC3)c12. The van der Waals surface area contributed by atoms with E-state index in [1.54, 1.807) is 42.6 Å². The molecule has 0 amide bonds. The standard InChI is InChI=1S/C27H20Cl2N4O5/c28-20-9-16(37-21-3-1-2-14-8-22(29)38-25(14)21)6-7-18(20)24(35)19-10-30-26-23(19)27(32-13-31-26)33-15-4-5-17(11-34)36-12-15/h1-10,13,15,17,34H,11-12H2,(H2,30,31,32,33)/t15-,17+/m1/s1. The number of nitrogens with zero attached hydrogens (tertiary/aromatic N) is 2. The summed E-state index contributed by atoms with van der Waals surface area (Å²) < 4.78 is 17.1. The summed E-state index contributed by atoms with van der Waals surface area (Å²) in [5.41, 5.74) is 1.67. The van der Waals surface area contributed by atoms with Gasteiger partial charge in [0.25, 0.3) is 0 Å². The van der Waals surface area contributed by atoms with Gasteiger partial charge in [-0.1, -0.05) is 35.9 Å². The molecule has 11 heteroatoms. The van der Waals surface area contributed by atoms with Crippen molar-refractivity contribution in [2.24, 2.45) is 0 Å². The molecule has 2 aromatic carbocycles. The summed E-state index contributed by atoms with van der Waals surface area (Å²) in [5.74, 6) is 1.07. The number of aliphatic hydroxyl groups excluding tert-OH is 1. The lowest BCUT2D eigenvalue weighted by Gasteiger charge is -2.23. The average Bonchev–Trinajstić information content (AvgIpc) is 3.53. The van der Waals surface area contributed by atoms with Gasteiger partial charge >= 0.3 is 0 Å². The van der Waals surface area contributed by atoms with Gasteiger partial charge < -0.3 is 29.3 Å². The first-order valence-electron chi connectivity index (χ1n) is 11.7. The van der Waals surface area contributed by atoms with Crippen molar-refractivity contribution in [2.45, 2.75) is 12.1 Å². The van der Waals surface area contributed by atoms with Crippen molar-refractivity contribution in [1.29, 1.82) is 0 Å². The van der Waals surface area contributed by atoms with Crippen molar-refractivity contribution in [1.82, 2.24) is 15.0 Å². The first kappa shape index (κ1) is 24.4. The molecule has 0 saturated heterocycles. The van der Waals surface area contributed by atoms with E-state index in [0.29, 0.717) is 51.7 Å². The largest absolute Gasteiger partial charge is 0.453 e. The van der Waals surface area contributed by atoms with Crippen molar-refractivity contribution in [3.05, 3.63) is 88.5 Å². The van der Waals surface area contributed by atoms with Gasteiger partial charge in [0.2, 0.25) is 0 Å². The van der Waals surface area contributed by atoms with Crippen LogP contribution < -0.4 is 10.1 Å². The first-order chi connectivity index (χ1) is 18.5. The molecule has 0 aliphatic carbocycles. The van der Waals surface area contributed by atoms with Crippen LogP contribution in [0.3, 0.4) is 0 Å². The Bertz CT molecular complexity index is 1700. The number of benzene rings is 2. The molecule has 3 N–H and O–H groups in total. The maximum atomic E-state index is 13.6. The van der Waals surface area contributed by atoms with E-state index in [2.05, 4.69) is 20.3 Å². The summed E-state index contributed by atoms with van der Waals surface area (Å²) in [7, 11) is 0. The second-order valence-corrected chi connectivity index (χ2v) is 9.42. The summed E-state index contributed by atoms with van der Waals surface area (Å²) in [5, 5.41) is 14.4. The fourth-order valence-corrected chi connectivity index (χ4v) is 4.78. The van der Waals surface area contributed by atoms with E-state index >= 15 is 0 Å². The van der Waals surface area contributed by atoms with Gasteiger partial charge in [0, 0.05) is 29.3 Å². The van der Waals surface area contributed by atoms with Crippen LogP contribution in [0.4, 0.5) is 5.82 Å². The summed E-state index contributed by atoms with van der Waals surface area (Å²) in [6.45, 7) is 0.251. The molecule has 9 nitrogen and oxygen atoms in total. The van der Waals surface area contributed by atoms with Crippen molar-refractivity contribution in [2.75, 3.05) is 18.5 Å². The van der Waals surface area contributed by atoms with E-state index < -0.39 is 0 Å². The summed E-state index contributed by atoms with van der Waals surface area (Å²) in [6, 6.07) is 11.8. The number of hydrogen-bond donors (Lipinski definition) is 3. The molecule has 0 spiro atoms. The molecule has 6 rings (SSSR count). The number of aliphatic hydroxyl groups is 1. The molecule has 5 aromatic rings. The van der Waals surface area contributed by atoms with Gasteiger partial charge in [-0.2, -0.15) is 0 Å². The minimum atomic E-state index is -0.332. The number of furan rings is 1. The third-order valence-electron chi connectivity index (χ3n) is 6.16. The fourth-order valence-electron chi connectivity index (χ4n) is 4.33. The smallest absolute Gasteiger partial charge is 0.196 e. The van der Waals surface area contributed by atoms with Crippen LogP contribution in [0.15, 0.2) is 71.6 Å². The predicted molar refractivity (Wildman–Crippen MR) is 143 cm³/mol. The monoisotopic (exact) mass is 550 g/mol. The molecule has 0 bridgehead atoms. The van der Waals surface area contributed by atoms with Crippen molar-refractivity contribution in [3.8, 4) is 11.5 Å². The van der Waals surface area contributed by atoms with Gasteiger partial charge in [0.15, 0.2) is 22.3 Å². The zero-order chi connectivity index (χ0) is 26.2. The van der Waals surface area contributed by atoms with Crippen LogP contribution >= 0.6 is 23.2 Å². The van der Waals surface area contributed by atoms with Gasteiger partial charge in [0.05, 0.1) is 41.3 Å². The maximum Gasteiger partial charge on any atom is 0.196 e. The normalized spacial score (nSPS) is 17.2. The molecular weight excluding hydrogens is 531 g/mol. The molecule has 0 radical (unpaired) electrons. The fraction of sp³-hybridized carbons (Fsp3) is 0.148. The number of H-pyrrole nitrogens is 1. The summed E-state index contributed by atoms with van der Waals surface area (Å²) >= 11 is 12.5. The average molecular weight is 551 g/mol. The minimum Gasteiger partial charge on any atom is -0.453 e. The Kier molecular flexibility index (Phi) is 6.50. The molecule has 1 aliphatic rings. The van der Waals surface area contributed by atoms with E-state index in [-0.39, 0.29) is 34.8 Å². The first-order valence-corrected chi connectivity index (χ1v) is 12.5. The van der Waals surface area contributed by atoms with E-state index in [9.17, 15) is 9.90 Å². The molecular formula is C27H20Cl2N4O5. The number of carbonyl (C=O) groups excluding carboxylic acids is 1. The van der Waals surface area contributed by atoms with Crippen molar-refractivity contribution >= 4 is 56.8 Å². The maximum absolute atomic E-state index is 13.6. The Labute approximate surface area is 226 Å². The van der Waals surface area contributed by atoms with E-state index in [1.165, 1.54) is 6.33 Å². The van der Waals surface area contributed by atoms with Crippen molar-refractivity contribution < 1.29 is 23.8 Å². The minimum absolute atomic E-state index is 0.0884. The Morgan fingerprint density at radius 3 is 2.84 bits per heavy atom. The number of aromatic amines is 1. The number of ether oxygens (including phenoxy) is 2. The lowest BCUT2D eigenvalue weighted by molar-refractivity contribution is 0.0345. The van der Waals surface area contributed by atoms with Crippen LogP contribution in [0.5, 0.6) is 11.5 Å². The zero-order valence-corrected chi connectivity index (χ0v) is 21.2. The molecule has 0 saturated carbocycles. The molecule has 0 fully saturated rings. The highest BCUT2D eigenvalue weighted by Crippen LogP contribution is 2.36. The molecule has 192 valence electrons. The number of fused-ring (bicyclic) bond motifs is 2. The highest BCUT2D eigenvalue weighted by atomic mass is 35.5. The summed E-state index contributed by atoms with van der Waals surface area (Å²) in [4.78, 5) is 25.2. The molecule has 38 heavy (non-hydrogen) atoms. The predicted octanol–water partition coefficient (Wildman–Crippen LogP) is 5.76. The second kappa shape index (κ2) is 10.1. The highest BCUT2D eigenvalue weighted by Gasteiger charge is 2.23. The van der Waals surface area contributed by atoms with Gasteiger partial charge in [0.1, 0.15) is 23.5 Å². The number of aromatic nitrogens is 3. The lowest BCUT2D eigenvalue weighted by atomic mass is 10.0. The highest BCUT2D eigenvalue weighted by molar-refractivity contribution is 6.36. The topological polar surface area (TPSA) is 123 Å². The third-order valence-corrected chi connectivity index (χ3v) is 6.65. The van der Waals surface area contributed by atoms with Crippen LogP contribution in [0.25, 0.3) is 22.0 Å². The number of nitrogens with one attached hydrogen (secondary N) is 2. The Morgan fingerprint density at radius 2 is 2.05 bits per heavy atom. The van der Waals surface area contributed by atoms with Crippen LogP contribution in [0, 0.1) is 0 Å². The molecule has 0 unspecified atom stereocenters. The Hall–Kier alpha value is -3.89. The number of rotatable bonds is 7. The van der Waals surface area contributed by atoms with Gasteiger partial charge in [-0.25, -0.2) is 9.97 Å². The van der Waals surface area contributed by atoms with Crippen LogP contribution in [0.2, 0.25) is 10.2 Å².